The van der Waals surface area contributed by atoms with E-state index in [2.05, 4.69) is 15.7 Å². The summed E-state index contributed by atoms with van der Waals surface area (Å²) in [6.45, 7) is 0. The Bertz CT molecular complexity index is 1160. The topological polar surface area (TPSA) is 77.4 Å². The van der Waals surface area contributed by atoms with Crippen LogP contribution in [0.25, 0.3) is 0 Å². The number of nitrogens with one attached hydrogen (secondary N) is 2. The van der Waals surface area contributed by atoms with E-state index in [-0.39, 0.29) is 17.9 Å². The van der Waals surface area contributed by atoms with Gasteiger partial charge in [0, 0.05) is 23.6 Å². The lowest BCUT2D eigenvalue weighted by Crippen LogP contribution is -2.35. The minimum Gasteiger partial charge on any atom is -0.497 e. The van der Waals surface area contributed by atoms with E-state index < -0.39 is 24.2 Å². The Labute approximate surface area is 192 Å². The first-order valence-electron chi connectivity index (χ1n) is 9.91. The minimum absolute atomic E-state index is 0.0892. The number of aromatic nitrogens is 2. The van der Waals surface area contributed by atoms with Gasteiger partial charge in [-0.15, -0.1) is 0 Å². The van der Waals surface area contributed by atoms with Crippen LogP contribution < -0.4 is 20.1 Å². The maximum Gasteiger partial charge on any atom is 0.410 e. The molecule has 0 unspecified atom stereocenters. The van der Waals surface area contributed by atoms with E-state index in [4.69, 9.17) is 21.1 Å². The summed E-state index contributed by atoms with van der Waals surface area (Å²) < 4.78 is 52.8. The van der Waals surface area contributed by atoms with E-state index in [0.717, 1.165) is 4.68 Å². The van der Waals surface area contributed by atoms with Gasteiger partial charge in [-0.1, -0.05) is 23.7 Å². The third kappa shape index (κ3) is 4.70. The predicted octanol–water partition coefficient (Wildman–Crippen LogP) is 5.47. The molecular weight excluding hydrogens is 461 g/mol. The molecule has 0 saturated carbocycles. The number of ether oxygens (including phenoxy) is 2. The van der Waals surface area contributed by atoms with Crippen LogP contribution in [0.1, 0.15) is 34.6 Å². The zero-order valence-electron chi connectivity index (χ0n) is 17.6. The first kappa shape index (κ1) is 22.8. The highest BCUT2D eigenvalue weighted by atomic mass is 35.5. The van der Waals surface area contributed by atoms with Crippen LogP contribution in [0.5, 0.6) is 11.5 Å². The van der Waals surface area contributed by atoms with E-state index >= 15 is 0 Å². The molecule has 2 aromatic carbocycles. The summed E-state index contributed by atoms with van der Waals surface area (Å²) in [7, 11) is 2.90. The molecule has 0 bridgehead atoms. The van der Waals surface area contributed by atoms with Crippen molar-refractivity contribution in [3.8, 4) is 11.5 Å². The highest BCUT2D eigenvalue weighted by Crippen LogP contribution is 2.43. The van der Waals surface area contributed by atoms with Gasteiger partial charge in [0.25, 0.3) is 5.91 Å². The van der Waals surface area contributed by atoms with Crippen LogP contribution in [-0.2, 0) is 0 Å². The van der Waals surface area contributed by atoms with Crippen molar-refractivity contribution >= 4 is 29.0 Å². The number of halogens is 4. The molecule has 0 spiro atoms. The summed E-state index contributed by atoms with van der Waals surface area (Å²) in [5, 5.41) is 10.1. The molecule has 1 aromatic heterocycles. The number of hydrogen-bond acceptors (Lipinski definition) is 5. The van der Waals surface area contributed by atoms with Crippen molar-refractivity contribution < 1.29 is 27.4 Å². The Morgan fingerprint density at radius 3 is 2.52 bits per heavy atom. The lowest BCUT2D eigenvalue weighted by molar-refractivity contribution is -0.173. The van der Waals surface area contributed by atoms with Gasteiger partial charge in [0.05, 0.1) is 25.9 Å². The van der Waals surface area contributed by atoms with Crippen LogP contribution in [-0.4, -0.2) is 36.1 Å². The van der Waals surface area contributed by atoms with Gasteiger partial charge in [-0.05, 0) is 29.8 Å². The van der Waals surface area contributed by atoms with Gasteiger partial charge in [-0.3, -0.25) is 4.79 Å². The number of alkyl halides is 3. The van der Waals surface area contributed by atoms with Crippen LogP contribution in [0, 0.1) is 0 Å². The first-order chi connectivity index (χ1) is 15.7. The van der Waals surface area contributed by atoms with Gasteiger partial charge >= 0.3 is 6.18 Å². The molecule has 0 saturated heterocycles. The SMILES string of the molecule is COc1ccc(OC)c(NC(=O)c2cc3n(n2)[C@H](C(F)(F)F)C[C@H](c2ccc(Cl)cc2)N3)c1. The number of carbonyl (C=O) groups excluding carboxylic acids is 1. The quantitative estimate of drug-likeness (QED) is 0.506. The number of nitrogens with zero attached hydrogens (tertiary/aromatic N) is 2. The number of benzene rings is 2. The van der Waals surface area contributed by atoms with Gasteiger partial charge in [0.1, 0.15) is 17.3 Å². The summed E-state index contributed by atoms with van der Waals surface area (Å²) in [6, 6.07) is 10.1. The summed E-state index contributed by atoms with van der Waals surface area (Å²) in [6.07, 6.45) is -4.85. The van der Waals surface area contributed by atoms with Crippen molar-refractivity contribution in [3.63, 3.8) is 0 Å². The number of carbonyl (C=O) groups is 1. The fourth-order valence-corrected chi connectivity index (χ4v) is 3.82. The number of fused-ring (bicyclic) bond motifs is 1. The molecule has 11 heteroatoms. The van der Waals surface area contributed by atoms with Crippen molar-refractivity contribution in [1.29, 1.82) is 0 Å². The van der Waals surface area contributed by atoms with Crippen LogP contribution in [0.2, 0.25) is 5.02 Å². The van der Waals surface area contributed by atoms with Gasteiger partial charge in [0.2, 0.25) is 0 Å². The van der Waals surface area contributed by atoms with Crippen molar-refractivity contribution in [1.82, 2.24) is 9.78 Å². The van der Waals surface area contributed by atoms with Crippen molar-refractivity contribution in [2.24, 2.45) is 0 Å². The third-order valence-corrected chi connectivity index (χ3v) is 5.60. The van der Waals surface area contributed by atoms with E-state index in [1.807, 2.05) is 0 Å². The second kappa shape index (κ2) is 8.86. The molecule has 0 fully saturated rings. The second-order valence-electron chi connectivity index (χ2n) is 7.42. The largest absolute Gasteiger partial charge is 0.497 e. The highest BCUT2D eigenvalue weighted by Gasteiger charge is 2.46. The summed E-state index contributed by atoms with van der Waals surface area (Å²) in [4.78, 5) is 12.8. The Morgan fingerprint density at radius 2 is 1.88 bits per heavy atom. The molecule has 0 radical (unpaired) electrons. The molecule has 1 aliphatic heterocycles. The molecule has 4 rings (SSSR count). The van der Waals surface area contributed by atoms with E-state index in [1.54, 1.807) is 42.5 Å². The minimum atomic E-state index is -4.56. The molecule has 33 heavy (non-hydrogen) atoms. The fourth-order valence-electron chi connectivity index (χ4n) is 3.70. The molecule has 0 aliphatic carbocycles. The summed E-state index contributed by atoms with van der Waals surface area (Å²) in [5.74, 6) is 0.238. The summed E-state index contributed by atoms with van der Waals surface area (Å²) in [5.41, 5.74) is 0.772. The second-order valence-corrected chi connectivity index (χ2v) is 7.86. The Balaban J connectivity index is 1.65. The standard InChI is InChI=1S/C22H20ClF3N4O3/c1-32-14-7-8-18(33-2)16(9-14)28-21(31)17-11-20-27-15(12-3-5-13(23)6-4-12)10-19(22(24,25)26)30(20)29-17/h3-9,11,15,19,27H,10H2,1-2H3,(H,28,31)/t15-,19+/m1/s1. The molecule has 1 aliphatic rings. The molecule has 2 atom stereocenters. The van der Waals surface area contributed by atoms with Gasteiger partial charge in [-0.2, -0.15) is 18.3 Å². The molecular formula is C22H20ClF3N4O3. The Hall–Kier alpha value is -3.40. The predicted molar refractivity (Wildman–Crippen MR) is 117 cm³/mol. The summed E-state index contributed by atoms with van der Waals surface area (Å²) >= 11 is 5.90. The van der Waals surface area contributed by atoms with Gasteiger partial charge in [-0.25, -0.2) is 4.68 Å². The molecule has 3 aromatic rings. The Kier molecular flexibility index (Phi) is 6.11. The van der Waals surface area contributed by atoms with Gasteiger partial charge < -0.3 is 20.1 Å². The molecule has 2 heterocycles. The van der Waals surface area contributed by atoms with Crippen LogP contribution in [0.15, 0.2) is 48.5 Å². The lowest BCUT2D eigenvalue weighted by Gasteiger charge is -2.33. The van der Waals surface area contributed by atoms with Crippen molar-refractivity contribution in [2.45, 2.75) is 24.7 Å². The average Bonchev–Trinajstić information content (AvgIpc) is 3.22. The molecule has 1 amide bonds. The number of rotatable bonds is 5. The number of hydrogen-bond donors (Lipinski definition) is 2. The maximum absolute atomic E-state index is 13.9. The van der Waals surface area contributed by atoms with E-state index in [0.29, 0.717) is 27.8 Å². The van der Waals surface area contributed by atoms with Crippen LogP contribution in [0.4, 0.5) is 24.7 Å². The zero-order chi connectivity index (χ0) is 23.8. The fraction of sp³-hybridized carbons (Fsp3) is 0.273. The molecule has 2 N–H and O–H groups in total. The number of amides is 1. The van der Waals surface area contributed by atoms with Crippen LogP contribution in [0.3, 0.4) is 0 Å². The smallest absolute Gasteiger partial charge is 0.410 e. The molecule has 174 valence electrons. The maximum atomic E-state index is 13.9. The third-order valence-electron chi connectivity index (χ3n) is 5.35. The van der Waals surface area contributed by atoms with Gasteiger partial charge in [0.15, 0.2) is 11.7 Å². The average molecular weight is 481 g/mol. The van der Waals surface area contributed by atoms with Crippen molar-refractivity contribution in [3.05, 3.63) is 64.8 Å². The van der Waals surface area contributed by atoms with Crippen LogP contribution >= 0.6 is 11.6 Å². The highest BCUT2D eigenvalue weighted by molar-refractivity contribution is 6.30. The van der Waals surface area contributed by atoms with E-state index in [9.17, 15) is 18.0 Å². The van der Waals surface area contributed by atoms with E-state index in [1.165, 1.54) is 20.3 Å². The number of anilines is 2. The first-order valence-corrected chi connectivity index (χ1v) is 10.3. The van der Waals surface area contributed by atoms with Crippen molar-refractivity contribution in [2.75, 3.05) is 24.9 Å². The monoisotopic (exact) mass is 480 g/mol. The normalized spacial score (nSPS) is 17.6. The number of methoxy groups -OCH3 is 2. The molecule has 7 nitrogen and oxygen atoms in total. The Morgan fingerprint density at radius 1 is 1.15 bits per heavy atom. The lowest BCUT2D eigenvalue weighted by atomic mass is 9.97. The zero-order valence-corrected chi connectivity index (χ0v) is 18.4.